The molecule has 0 aliphatic rings. The third kappa shape index (κ3) is 3.23. The van der Waals surface area contributed by atoms with E-state index in [0.717, 1.165) is 5.56 Å². The zero-order valence-corrected chi connectivity index (χ0v) is 12.5. The molecule has 0 unspecified atom stereocenters. The minimum absolute atomic E-state index is 0.213. The molecule has 0 aliphatic carbocycles. The lowest BCUT2D eigenvalue weighted by molar-refractivity contribution is 0.593. The highest BCUT2D eigenvalue weighted by atomic mass is 32.2. The first-order chi connectivity index (χ1) is 10.1. The van der Waals surface area contributed by atoms with Gasteiger partial charge in [0.1, 0.15) is 0 Å². The Labute approximate surface area is 125 Å². The third-order valence-electron chi connectivity index (χ3n) is 3.04. The van der Waals surface area contributed by atoms with Gasteiger partial charge < -0.3 is 0 Å². The van der Waals surface area contributed by atoms with Crippen molar-refractivity contribution in [2.45, 2.75) is 4.90 Å². The number of benzene rings is 2. The van der Waals surface area contributed by atoms with Gasteiger partial charge >= 0.3 is 0 Å². The summed E-state index contributed by atoms with van der Waals surface area (Å²) < 4.78 is 26.8. The number of anilines is 1. The van der Waals surface area contributed by atoms with Crippen molar-refractivity contribution >= 4 is 21.8 Å². The first-order valence-corrected chi connectivity index (χ1v) is 7.95. The van der Waals surface area contributed by atoms with Gasteiger partial charge in [-0.3, -0.25) is 4.31 Å². The molecule has 0 saturated heterocycles. The van der Waals surface area contributed by atoms with Crippen LogP contribution in [0.25, 0.3) is 6.08 Å². The van der Waals surface area contributed by atoms with Crippen LogP contribution < -0.4 is 4.31 Å². The molecule has 0 fully saturated rings. The Bertz CT molecular complexity index is 719. The van der Waals surface area contributed by atoms with E-state index in [1.807, 2.05) is 12.1 Å². The Morgan fingerprint density at radius 1 is 0.952 bits per heavy atom. The molecule has 0 saturated carbocycles. The Balaban J connectivity index is 2.47. The minimum Gasteiger partial charge on any atom is -0.263 e. The summed E-state index contributed by atoms with van der Waals surface area (Å²) in [6, 6.07) is 15.6. The molecule has 0 aliphatic heterocycles. The largest absolute Gasteiger partial charge is 0.264 e. The van der Waals surface area contributed by atoms with Crippen molar-refractivity contribution in [2.24, 2.45) is 0 Å². The van der Waals surface area contributed by atoms with Gasteiger partial charge in [0.15, 0.2) is 0 Å². The highest BCUT2D eigenvalue weighted by molar-refractivity contribution is 7.92. The van der Waals surface area contributed by atoms with Crippen LogP contribution in [-0.2, 0) is 10.0 Å². The maximum absolute atomic E-state index is 12.7. The number of hydrogen-bond donors (Lipinski definition) is 0. The van der Waals surface area contributed by atoms with Crippen LogP contribution in [0.3, 0.4) is 0 Å². The summed E-state index contributed by atoms with van der Waals surface area (Å²) in [6.07, 6.45) is 3.29. The Kier molecular flexibility index (Phi) is 4.60. The molecule has 4 heteroatoms. The lowest BCUT2D eigenvalue weighted by atomic mass is 10.2. The van der Waals surface area contributed by atoms with Gasteiger partial charge in [-0.1, -0.05) is 49.1 Å². The van der Waals surface area contributed by atoms with Crippen LogP contribution in [0.15, 0.2) is 78.7 Å². The van der Waals surface area contributed by atoms with Crippen LogP contribution in [-0.4, -0.2) is 15.0 Å². The number of rotatable bonds is 6. The van der Waals surface area contributed by atoms with Crippen LogP contribution in [0.4, 0.5) is 5.69 Å². The van der Waals surface area contributed by atoms with Crippen LogP contribution in [0.5, 0.6) is 0 Å². The Morgan fingerprint density at radius 2 is 1.57 bits per heavy atom. The van der Waals surface area contributed by atoms with Gasteiger partial charge in [-0.2, -0.15) is 0 Å². The first kappa shape index (κ1) is 15.1. The van der Waals surface area contributed by atoms with Gasteiger partial charge in [0.2, 0.25) is 0 Å². The average molecular weight is 299 g/mol. The van der Waals surface area contributed by atoms with Crippen molar-refractivity contribution in [3.8, 4) is 0 Å². The molecule has 21 heavy (non-hydrogen) atoms. The number of sulfonamides is 1. The summed E-state index contributed by atoms with van der Waals surface area (Å²) in [5, 5.41) is 0. The van der Waals surface area contributed by atoms with Crippen molar-refractivity contribution < 1.29 is 8.42 Å². The second kappa shape index (κ2) is 6.41. The predicted octanol–water partition coefficient (Wildman–Crippen LogP) is 3.71. The normalized spacial score (nSPS) is 10.9. The summed E-state index contributed by atoms with van der Waals surface area (Å²) in [4.78, 5) is 0.264. The van der Waals surface area contributed by atoms with Gasteiger partial charge in [-0.15, -0.1) is 6.58 Å². The smallest absolute Gasteiger partial charge is 0.263 e. The van der Waals surface area contributed by atoms with E-state index in [0.29, 0.717) is 5.69 Å². The van der Waals surface area contributed by atoms with E-state index in [1.165, 1.54) is 4.31 Å². The molecule has 0 atom stereocenters. The third-order valence-corrected chi connectivity index (χ3v) is 4.85. The second-order valence-corrected chi connectivity index (χ2v) is 6.30. The van der Waals surface area contributed by atoms with Crippen LogP contribution in [0.2, 0.25) is 0 Å². The molecule has 2 aromatic rings. The number of hydrogen-bond acceptors (Lipinski definition) is 2. The molecular weight excluding hydrogens is 282 g/mol. The van der Waals surface area contributed by atoms with E-state index in [-0.39, 0.29) is 11.4 Å². The second-order valence-electron chi connectivity index (χ2n) is 4.43. The molecule has 108 valence electrons. The molecule has 2 rings (SSSR count). The van der Waals surface area contributed by atoms with Crippen LogP contribution >= 0.6 is 0 Å². The molecule has 0 bridgehead atoms. The summed E-state index contributed by atoms with van der Waals surface area (Å²) in [7, 11) is -3.60. The van der Waals surface area contributed by atoms with E-state index in [4.69, 9.17) is 0 Å². The lowest BCUT2D eigenvalue weighted by Gasteiger charge is -2.23. The van der Waals surface area contributed by atoms with E-state index in [1.54, 1.807) is 54.6 Å². The van der Waals surface area contributed by atoms with Crippen molar-refractivity contribution in [2.75, 3.05) is 10.8 Å². The Morgan fingerprint density at radius 3 is 2.10 bits per heavy atom. The Hall–Kier alpha value is -2.33. The zero-order valence-electron chi connectivity index (χ0n) is 11.6. The summed E-state index contributed by atoms with van der Waals surface area (Å²) in [5.74, 6) is 0. The fraction of sp³-hybridized carbons (Fsp3) is 0.0588. The van der Waals surface area contributed by atoms with Crippen LogP contribution in [0.1, 0.15) is 5.56 Å². The van der Waals surface area contributed by atoms with E-state index < -0.39 is 10.0 Å². The quantitative estimate of drug-likeness (QED) is 0.763. The maximum Gasteiger partial charge on any atom is 0.264 e. The predicted molar refractivity (Wildman–Crippen MR) is 87.7 cm³/mol. The maximum atomic E-state index is 12.7. The zero-order chi connectivity index (χ0) is 15.3. The fourth-order valence-corrected chi connectivity index (χ4v) is 3.41. The average Bonchev–Trinajstić information content (AvgIpc) is 2.53. The lowest BCUT2D eigenvalue weighted by Crippen LogP contribution is -2.31. The van der Waals surface area contributed by atoms with Gasteiger partial charge in [-0.05, 0) is 29.8 Å². The standard InChI is InChI=1S/C17H17NO2S/c1-3-14-18(16-12-10-15(4-2)11-13-16)21(19,20)17-8-6-5-7-9-17/h3-13H,1-2,14H2. The van der Waals surface area contributed by atoms with Crippen molar-refractivity contribution in [1.82, 2.24) is 0 Å². The monoisotopic (exact) mass is 299 g/mol. The summed E-state index contributed by atoms with van der Waals surface area (Å²) in [6.45, 7) is 7.55. The van der Waals surface area contributed by atoms with Gasteiger partial charge in [-0.25, -0.2) is 8.42 Å². The van der Waals surface area contributed by atoms with E-state index >= 15 is 0 Å². The summed E-state index contributed by atoms with van der Waals surface area (Å²) in [5.41, 5.74) is 1.54. The van der Waals surface area contributed by atoms with Gasteiger partial charge in [0.05, 0.1) is 17.1 Å². The highest BCUT2D eigenvalue weighted by Gasteiger charge is 2.23. The molecule has 0 amide bonds. The van der Waals surface area contributed by atoms with E-state index in [9.17, 15) is 8.42 Å². The topological polar surface area (TPSA) is 37.4 Å². The van der Waals surface area contributed by atoms with Gasteiger partial charge in [0, 0.05) is 0 Å². The SMILES string of the molecule is C=CCN(c1ccc(C=C)cc1)S(=O)(=O)c1ccccc1. The minimum atomic E-state index is -3.60. The van der Waals surface area contributed by atoms with Crippen molar-refractivity contribution in [3.05, 3.63) is 79.4 Å². The molecule has 0 aromatic heterocycles. The fourth-order valence-electron chi connectivity index (χ4n) is 1.96. The van der Waals surface area contributed by atoms with Gasteiger partial charge in [0.25, 0.3) is 10.0 Å². The molecule has 3 nitrogen and oxygen atoms in total. The highest BCUT2D eigenvalue weighted by Crippen LogP contribution is 2.24. The first-order valence-electron chi connectivity index (χ1n) is 6.51. The molecule has 0 radical (unpaired) electrons. The number of nitrogens with zero attached hydrogens (tertiary/aromatic N) is 1. The van der Waals surface area contributed by atoms with Crippen LogP contribution in [0, 0.1) is 0 Å². The van der Waals surface area contributed by atoms with E-state index in [2.05, 4.69) is 13.2 Å². The molecule has 0 spiro atoms. The summed E-state index contributed by atoms with van der Waals surface area (Å²) >= 11 is 0. The molecule has 2 aromatic carbocycles. The van der Waals surface area contributed by atoms with Crippen molar-refractivity contribution in [3.63, 3.8) is 0 Å². The molecular formula is C17H17NO2S. The molecule has 0 heterocycles. The molecule has 0 N–H and O–H groups in total. The van der Waals surface area contributed by atoms with Crippen molar-refractivity contribution in [1.29, 1.82) is 0 Å².